The molecule has 0 fully saturated rings. The average molecular weight is 1140 g/mol. The molecule has 0 heteroatoms. The van der Waals surface area contributed by atoms with Gasteiger partial charge in [-0.25, -0.2) is 0 Å². The summed E-state index contributed by atoms with van der Waals surface area (Å²) in [7, 11) is 0. The van der Waals surface area contributed by atoms with Crippen LogP contribution in [0, 0.1) is 59.6 Å². The van der Waals surface area contributed by atoms with Crippen molar-refractivity contribution >= 4 is 0 Å². The van der Waals surface area contributed by atoms with E-state index in [0.29, 0.717) is 59.6 Å². The van der Waals surface area contributed by atoms with Crippen LogP contribution in [0.25, 0.3) is 0 Å². The minimum absolute atomic E-state index is 0.515. The molecule has 80 heavy (non-hydrogen) atoms. The van der Waals surface area contributed by atoms with Crippen molar-refractivity contribution in [3.05, 3.63) is 0 Å². The van der Waals surface area contributed by atoms with Gasteiger partial charge < -0.3 is 0 Å². The highest BCUT2D eigenvalue weighted by molar-refractivity contribution is 4.89. The largest absolute Gasteiger partial charge is 0.0656 e. The number of hydrogen-bond acceptors (Lipinski definition) is 0. The summed E-state index contributed by atoms with van der Waals surface area (Å²) in [6, 6.07) is 0. The number of rotatable bonds is 37. The van der Waals surface area contributed by atoms with Crippen LogP contribution >= 0.6 is 0 Å². The van der Waals surface area contributed by atoms with Gasteiger partial charge in [0.05, 0.1) is 0 Å². The van der Waals surface area contributed by atoms with Gasteiger partial charge in [0.25, 0.3) is 0 Å². The third-order valence-corrected chi connectivity index (χ3v) is 25.8. The zero-order chi connectivity index (χ0) is 64.8. The molecule has 0 saturated heterocycles. The maximum absolute atomic E-state index is 2.53. The maximum Gasteiger partial charge on any atom is -0.0300 e. The molecule has 0 aliphatic carbocycles. The summed E-state index contributed by atoms with van der Waals surface area (Å²) < 4.78 is 0. The Balaban J connectivity index is -0.000000161. The SMILES string of the molecule is CCC.CCC(C)(CC)CC.CCC(C)(CC)CC(C)(CC)CC.CCC(C)(CC)CC(C)(CC)CC(C)(CC)CC.CCC(C)(CC)CC(CC)(CC)CC.CCC(CC)(CC)CC.CCC(CC)(CC)CC(CC)(CC)CC. The van der Waals surface area contributed by atoms with E-state index in [9.17, 15) is 0 Å². The molecular formula is C80H174. The molecule has 0 aliphatic rings. The van der Waals surface area contributed by atoms with Gasteiger partial charge in [-0.2, -0.15) is 0 Å². The second-order valence-corrected chi connectivity index (χ2v) is 29.8. The van der Waals surface area contributed by atoms with Crippen molar-refractivity contribution in [3.8, 4) is 0 Å². The van der Waals surface area contributed by atoms with Crippen molar-refractivity contribution in [2.24, 2.45) is 59.6 Å². The lowest BCUT2D eigenvalue weighted by Gasteiger charge is -2.43. The molecule has 0 atom stereocenters. The van der Waals surface area contributed by atoms with E-state index in [4.69, 9.17) is 0 Å². The second-order valence-electron chi connectivity index (χ2n) is 29.8. The van der Waals surface area contributed by atoms with Crippen LogP contribution < -0.4 is 0 Å². The molecule has 0 radical (unpaired) electrons. The van der Waals surface area contributed by atoms with Crippen molar-refractivity contribution in [2.75, 3.05) is 0 Å². The summed E-state index contributed by atoms with van der Waals surface area (Å²) in [5.41, 5.74) is 6.43. The molecule has 0 aromatic carbocycles. The van der Waals surface area contributed by atoms with Crippen LogP contribution in [0.4, 0.5) is 0 Å². The molecule has 0 aromatic rings. The van der Waals surface area contributed by atoms with Crippen molar-refractivity contribution in [3.63, 3.8) is 0 Å². The molecular weight excluding hydrogens is 961 g/mol. The lowest BCUT2D eigenvalue weighted by Crippen LogP contribution is -2.32. The van der Waals surface area contributed by atoms with Crippen LogP contribution in [0.5, 0.6) is 0 Å². The van der Waals surface area contributed by atoms with Crippen molar-refractivity contribution in [1.82, 2.24) is 0 Å². The summed E-state index contributed by atoms with van der Waals surface area (Å²) in [4.78, 5) is 0. The average Bonchev–Trinajstić information content (AvgIpc) is 3.50. The predicted molar refractivity (Wildman–Crippen MR) is 383 cm³/mol. The molecule has 0 heterocycles. The molecule has 0 aromatic heterocycles. The summed E-state index contributed by atoms with van der Waals surface area (Å²) in [5.74, 6) is 0. The lowest BCUT2D eigenvalue weighted by atomic mass is 9.62. The summed E-state index contributed by atoms with van der Waals surface area (Å²) >= 11 is 0. The fraction of sp³-hybridized carbons (Fsp3) is 1.00. The highest BCUT2D eigenvalue weighted by Crippen LogP contribution is 2.50. The fourth-order valence-electron chi connectivity index (χ4n) is 13.2. The van der Waals surface area contributed by atoms with E-state index in [1.54, 1.807) is 0 Å². The monoisotopic (exact) mass is 1140 g/mol. The molecule has 0 saturated carbocycles. The van der Waals surface area contributed by atoms with Crippen molar-refractivity contribution < 1.29 is 0 Å². The third kappa shape index (κ3) is 37.5. The van der Waals surface area contributed by atoms with E-state index in [-0.39, 0.29) is 0 Å². The third-order valence-electron chi connectivity index (χ3n) is 25.8. The first kappa shape index (κ1) is 93.7. The lowest BCUT2D eigenvalue weighted by molar-refractivity contribution is 0.0769. The smallest absolute Gasteiger partial charge is 0.0300 e. The Morgan fingerprint density at radius 1 is 0.125 bits per heavy atom. The van der Waals surface area contributed by atoms with Gasteiger partial charge >= 0.3 is 0 Å². The molecule has 0 bridgehead atoms. The molecule has 0 aliphatic heterocycles. The minimum atomic E-state index is 0.515. The fourth-order valence-corrected chi connectivity index (χ4v) is 13.2. The molecule has 0 amide bonds. The van der Waals surface area contributed by atoms with Gasteiger partial charge in [0.1, 0.15) is 0 Å². The Morgan fingerprint density at radius 3 is 0.362 bits per heavy atom. The highest BCUT2D eigenvalue weighted by Gasteiger charge is 2.38. The first-order chi connectivity index (χ1) is 37.1. The topological polar surface area (TPSA) is 0 Å². The normalized spacial score (nSPS) is 12.9. The summed E-state index contributed by atoms with van der Waals surface area (Å²) in [5, 5.41) is 0. The maximum atomic E-state index is 2.53. The van der Waals surface area contributed by atoms with Crippen molar-refractivity contribution in [1.29, 1.82) is 0 Å². The van der Waals surface area contributed by atoms with Gasteiger partial charge in [0.15, 0.2) is 0 Å². The van der Waals surface area contributed by atoms with Crippen LogP contribution in [0.3, 0.4) is 0 Å². The van der Waals surface area contributed by atoms with Gasteiger partial charge in [-0.05, 0) is 91.7 Å². The van der Waals surface area contributed by atoms with Gasteiger partial charge in [0.2, 0.25) is 0 Å². The van der Waals surface area contributed by atoms with Crippen LogP contribution in [-0.4, -0.2) is 0 Å². The Labute approximate surface area is 518 Å². The zero-order valence-electron chi connectivity index (χ0n) is 64.8. The van der Waals surface area contributed by atoms with E-state index in [1.165, 1.54) is 212 Å². The van der Waals surface area contributed by atoms with Crippen molar-refractivity contribution in [2.45, 2.75) is 461 Å². The Hall–Kier alpha value is 0. The zero-order valence-corrected chi connectivity index (χ0v) is 64.8. The number of hydrogen-bond donors (Lipinski definition) is 0. The summed E-state index contributed by atoms with van der Waals surface area (Å²) in [6.07, 6.45) is 44.2. The Bertz CT molecular complexity index is 1150. The molecule has 0 N–H and O–H groups in total. The highest BCUT2D eigenvalue weighted by atomic mass is 14.4. The van der Waals surface area contributed by atoms with E-state index < -0.39 is 0 Å². The molecule has 0 unspecified atom stereocenters. The second kappa shape index (κ2) is 49.0. The standard InChI is InChI=1S/C18H38.C15H32.C14H30.C13H28.C9H20.C8H18.C3H8/c1-9-16(6,10-2)14-18(8,13-5)15-17(7,11-3)12-4;1-7-14(8-2,9-3)13-15(10-4,11-5)12-6;1-7-13(6,8-2)12-14(9-3,10-4)11-5;1-7-12(5,8-2)11-13(6,9-3)10-4;1-5-9(6-2,7-3)8-4;1-5-8(4,6-2)7-3;1-3-2/h9-15H2,1-8H3;7-13H2,1-6H3;7-12H2,1-6H3;7-11H2,1-6H3;5-8H2,1-4H3;5-7H2,1-4H3;3H2,1-2H3. The van der Waals surface area contributed by atoms with E-state index in [0.717, 1.165) is 0 Å². The first-order valence-electron chi connectivity index (χ1n) is 37.1. The minimum Gasteiger partial charge on any atom is -0.0656 e. The van der Waals surface area contributed by atoms with Gasteiger partial charge in [-0.1, -0.05) is 429 Å². The molecule has 0 spiro atoms. The van der Waals surface area contributed by atoms with Gasteiger partial charge in [-0.3, -0.25) is 0 Å². The molecule has 494 valence electrons. The van der Waals surface area contributed by atoms with Crippen LogP contribution in [0.2, 0.25) is 0 Å². The van der Waals surface area contributed by atoms with Crippen LogP contribution in [0.1, 0.15) is 461 Å². The molecule has 0 rings (SSSR count). The first-order valence-corrected chi connectivity index (χ1v) is 37.1. The van der Waals surface area contributed by atoms with Gasteiger partial charge in [-0.15, -0.1) is 0 Å². The van der Waals surface area contributed by atoms with Gasteiger partial charge in [0, 0.05) is 0 Å². The van der Waals surface area contributed by atoms with E-state index >= 15 is 0 Å². The summed E-state index contributed by atoms with van der Waals surface area (Å²) in [6.45, 7) is 84.6. The molecule has 0 nitrogen and oxygen atoms in total. The van der Waals surface area contributed by atoms with E-state index in [1.807, 2.05) is 0 Å². The Morgan fingerprint density at radius 2 is 0.250 bits per heavy atom. The van der Waals surface area contributed by atoms with Crippen LogP contribution in [0.15, 0.2) is 0 Å². The van der Waals surface area contributed by atoms with Crippen LogP contribution in [-0.2, 0) is 0 Å². The Kier molecular flexibility index (Phi) is 57.4. The van der Waals surface area contributed by atoms with E-state index in [2.05, 4.69) is 249 Å². The predicted octanol–water partition coefficient (Wildman–Crippen LogP) is 31.3. The quantitative estimate of drug-likeness (QED) is 0.0582.